The highest BCUT2D eigenvalue weighted by atomic mass is 19.2. The van der Waals surface area contributed by atoms with E-state index < -0.39 is 17.5 Å². The lowest BCUT2D eigenvalue weighted by atomic mass is 10.0. The Bertz CT molecular complexity index is 392. The molecule has 2 rings (SSSR count). The van der Waals surface area contributed by atoms with Gasteiger partial charge in [0.05, 0.1) is 5.69 Å². The highest BCUT2D eigenvalue weighted by molar-refractivity contribution is 5.45. The maximum Gasteiger partial charge on any atom is 0.182 e. The molecular formula is C12H14F3NO. The van der Waals surface area contributed by atoms with E-state index in [-0.39, 0.29) is 5.69 Å². The molecule has 1 aromatic carbocycles. The summed E-state index contributed by atoms with van der Waals surface area (Å²) in [6.45, 7) is 1.88. The summed E-state index contributed by atoms with van der Waals surface area (Å²) in [5.74, 6) is -2.62. The van der Waals surface area contributed by atoms with Gasteiger partial charge in [-0.2, -0.15) is 0 Å². The Balaban J connectivity index is 1.98. The van der Waals surface area contributed by atoms with Crippen molar-refractivity contribution in [2.45, 2.75) is 12.8 Å². The molecule has 0 spiro atoms. The molecule has 1 aliphatic rings. The van der Waals surface area contributed by atoms with Gasteiger partial charge in [0, 0.05) is 31.9 Å². The molecule has 0 amide bonds. The molecule has 0 saturated carbocycles. The molecule has 2 nitrogen and oxygen atoms in total. The molecule has 0 radical (unpaired) electrons. The van der Waals surface area contributed by atoms with Crippen LogP contribution in [0.25, 0.3) is 0 Å². The second kappa shape index (κ2) is 5.40. The van der Waals surface area contributed by atoms with Crippen LogP contribution in [0.5, 0.6) is 0 Å². The summed E-state index contributed by atoms with van der Waals surface area (Å²) in [6.07, 6.45) is 1.76. The van der Waals surface area contributed by atoms with Crippen molar-refractivity contribution in [3.8, 4) is 0 Å². The van der Waals surface area contributed by atoms with Crippen LogP contribution >= 0.6 is 0 Å². The van der Waals surface area contributed by atoms with Crippen molar-refractivity contribution in [2.75, 3.05) is 25.1 Å². The van der Waals surface area contributed by atoms with Gasteiger partial charge in [-0.05, 0) is 18.8 Å². The first-order chi connectivity index (χ1) is 8.16. The van der Waals surface area contributed by atoms with Gasteiger partial charge in [-0.15, -0.1) is 0 Å². The molecule has 1 heterocycles. The third-order valence-electron chi connectivity index (χ3n) is 2.92. The van der Waals surface area contributed by atoms with Crippen LogP contribution in [-0.4, -0.2) is 19.8 Å². The second-order valence-electron chi connectivity index (χ2n) is 4.19. The molecule has 1 N–H and O–H groups in total. The van der Waals surface area contributed by atoms with E-state index in [4.69, 9.17) is 4.74 Å². The van der Waals surface area contributed by atoms with Crippen molar-refractivity contribution in [1.29, 1.82) is 0 Å². The van der Waals surface area contributed by atoms with Crippen molar-refractivity contribution in [2.24, 2.45) is 5.92 Å². The summed E-state index contributed by atoms with van der Waals surface area (Å²) in [5, 5.41) is 2.75. The summed E-state index contributed by atoms with van der Waals surface area (Å²) < 4.78 is 44.3. The average Bonchev–Trinajstić information content (AvgIpc) is 2.33. The van der Waals surface area contributed by atoms with Gasteiger partial charge in [0.1, 0.15) is 5.82 Å². The van der Waals surface area contributed by atoms with E-state index in [0.717, 1.165) is 18.9 Å². The largest absolute Gasteiger partial charge is 0.382 e. The Morgan fingerprint density at radius 1 is 1.18 bits per heavy atom. The number of benzene rings is 1. The number of rotatable bonds is 3. The Morgan fingerprint density at radius 3 is 2.59 bits per heavy atom. The number of hydrogen-bond donors (Lipinski definition) is 1. The molecule has 0 unspecified atom stereocenters. The summed E-state index contributed by atoms with van der Waals surface area (Å²) in [7, 11) is 0. The third kappa shape index (κ3) is 3.12. The van der Waals surface area contributed by atoms with Crippen LogP contribution in [-0.2, 0) is 4.74 Å². The van der Waals surface area contributed by atoms with E-state index in [9.17, 15) is 13.2 Å². The number of halogens is 3. The first kappa shape index (κ1) is 12.2. The third-order valence-corrected chi connectivity index (χ3v) is 2.92. The zero-order chi connectivity index (χ0) is 12.3. The van der Waals surface area contributed by atoms with Crippen molar-refractivity contribution in [1.82, 2.24) is 0 Å². The van der Waals surface area contributed by atoms with Gasteiger partial charge in [-0.3, -0.25) is 0 Å². The summed E-state index contributed by atoms with van der Waals surface area (Å²) in [5.41, 5.74) is -0.117. The molecule has 1 fully saturated rings. The van der Waals surface area contributed by atoms with Crippen LogP contribution in [0.15, 0.2) is 12.1 Å². The molecule has 5 heteroatoms. The average molecular weight is 245 g/mol. The molecule has 0 bridgehead atoms. The van der Waals surface area contributed by atoms with E-state index >= 15 is 0 Å². The lowest BCUT2D eigenvalue weighted by Crippen LogP contribution is -2.23. The monoisotopic (exact) mass is 245 g/mol. The van der Waals surface area contributed by atoms with Gasteiger partial charge in [0.2, 0.25) is 0 Å². The zero-order valence-corrected chi connectivity index (χ0v) is 9.31. The maximum atomic E-state index is 13.3. The Labute approximate surface area is 97.8 Å². The number of ether oxygens (including phenoxy) is 1. The fourth-order valence-corrected chi connectivity index (χ4v) is 1.89. The van der Waals surface area contributed by atoms with E-state index in [0.29, 0.717) is 31.7 Å². The van der Waals surface area contributed by atoms with Gasteiger partial charge in [-0.1, -0.05) is 0 Å². The number of hydrogen-bond acceptors (Lipinski definition) is 2. The second-order valence-corrected chi connectivity index (χ2v) is 4.19. The first-order valence-corrected chi connectivity index (χ1v) is 5.63. The van der Waals surface area contributed by atoms with Crippen molar-refractivity contribution in [3.63, 3.8) is 0 Å². The van der Waals surface area contributed by atoms with Crippen LogP contribution < -0.4 is 5.32 Å². The minimum absolute atomic E-state index is 0.117. The Kier molecular flexibility index (Phi) is 3.89. The number of anilines is 1. The number of nitrogens with one attached hydrogen (secondary N) is 1. The molecule has 1 aliphatic heterocycles. The zero-order valence-electron chi connectivity index (χ0n) is 9.31. The van der Waals surface area contributed by atoms with Gasteiger partial charge in [0.25, 0.3) is 0 Å². The molecule has 0 atom stereocenters. The minimum atomic E-state index is -1.17. The Hall–Kier alpha value is -1.23. The predicted octanol–water partition coefficient (Wildman–Crippen LogP) is 2.94. The van der Waals surface area contributed by atoms with Crippen LogP contribution in [0.1, 0.15) is 12.8 Å². The molecule has 94 valence electrons. The lowest BCUT2D eigenvalue weighted by Gasteiger charge is -2.22. The summed E-state index contributed by atoms with van der Waals surface area (Å²) in [4.78, 5) is 0. The highest BCUT2D eigenvalue weighted by Crippen LogP contribution is 2.21. The Morgan fingerprint density at radius 2 is 1.88 bits per heavy atom. The standard InChI is InChI=1S/C12H14F3NO/c13-9-5-10(14)12(15)11(6-9)16-7-8-1-3-17-4-2-8/h5-6,8,16H,1-4,7H2. The van der Waals surface area contributed by atoms with Crippen LogP contribution in [0, 0.1) is 23.4 Å². The highest BCUT2D eigenvalue weighted by Gasteiger charge is 2.16. The van der Waals surface area contributed by atoms with Crippen LogP contribution in [0.3, 0.4) is 0 Å². The van der Waals surface area contributed by atoms with E-state index in [1.807, 2.05) is 0 Å². The SMILES string of the molecule is Fc1cc(F)c(F)c(NCC2CCOCC2)c1. The maximum absolute atomic E-state index is 13.3. The predicted molar refractivity (Wildman–Crippen MR) is 58.3 cm³/mol. The molecule has 0 aliphatic carbocycles. The minimum Gasteiger partial charge on any atom is -0.382 e. The lowest BCUT2D eigenvalue weighted by molar-refractivity contribution is 0.0699. The van der Waals surface area contributed by atoms with E-state index in [2.05, 4.69) is 5.32 Å². The normalized spacial score (nSPS) is 17.1. The van der Waals surface area contributed by atoms with E-state index in [1.165, 1.54) is 0 Å². The van der Waals surface area contributed by atoms with Gasteiger partial charge < -0.3 is 10.1 Å². The van der Waals surface area contributed by atoms with Gasteiger partial charge in [-0.25, -0.2) is 13.2 Å². The topological polar surface area (TPSA) is 21.3 Å². The van der Waals surface area contributed by atoms with Crippen molar-refractivity contribution in [3.05, 3.63) is 29.6 Å². The molecular weight excluding hydrogens is 231 g/mol. The summed E-state index contributed by atoms with van der Waals surface area (Å²) >= 11 is 0. The summed E-state index contributed by atoms with van der Waals surface area (Å²) in [6, 6.07) is 1.51. The first-order valence-electron chi connectivity index (χ1n) is 5.63. The fraction of sp³-hybridized carbons (Fsp3) is 0.500. The van der Waals surface area contributed by atoms with Crippen LogP contribution in [0.4, 0.5) is 18.9 Å². The molecule has 1 aromatic rings. The van der Waals surface area contributed by atoms with Crippen molar-refractivity contribution < 1.29 is 17.9 Å². The fourth-order valence-electron chi connectivity index (χ4n) is 1.89. The molecule has 0 aromatic heterocycles. The van der Waals surface area contributed by atoms with Crippen molar-refractivity contribution >= 4 is 5.69 Å². The smallest absolute Gasteiger partial charge is 0.182 e. The molecule has 1 saturated heterocycles. The van der Waals surface area contributed by atoms with Crippen LogP contribution in [0.2, 0.25) is 0 Å². The quantitative estimate of drug-likeness (QED) is 0.827. The van der Waals surface area contributed by atoms with E-state index in [1.54, 1.807) is 0 Å². The molecule has 17 heavy (non-hydrogen) atoms. The van der Waals surface area contributed by atoms with Gasteiger partial charge >= 0.3 is 0 Å². The van der Waals surface area contributed by atoms with Gasteiger partial charge in [0.15, 0.2) is 11.6 Å².